The second kappa shape index (κ2) is 7.20. The van der Waals surface area contributed by atoms with E-state index in [2.05, 4.69) is 20.6 Å². The Morgan fingerprint density at radius 2 is 2.00 bits per heavy atom. The third kappa shape index (κ3) is 3.20. The van der Waals surface area contributed by atoms with Gasteiger partial charge in [0.15, 0.2) is 5.82 Å². The van der Waals surface area contributed by atoms with Crippen molar-refractivity contribution in [2.45, 2.75) is 26.3 Å². The van der Waals surface area contributed by atoms with E-state index in [-0.39, 0.29) is 12.3 Å². The van der Waals surface area contributed by atoms with Crippen molar-refractivity contribution in [3.63, 3.8) is 0 Å². The Kier molecular flexibility index (Phi) is 4.72. The van der Waals surface area contributed by atoms with Crippen molar-refractivity contribution in [1.82, 2.24) is 29.9 Å². The number of aryl methyl sites for hydroxylation is 2. The van der Waals surface area contributed by atoms with Gasteiger partial charge in [-0.2, -0.15) is 5.10 Å². The predicted molar refractivity (Wildman–Crippen MR) is 106 cm³/mol. The molecule has 0 saturated heterocycles. The first-order chi connectivity index (χ1) is 13.5. The Balaban J connectivity index is 1.92. The lowest BCUT2D eigenvalue weighted by Crippen LogP contribution is -2.25. The Morgan fingerprint density at radius 1 is 1.25 bits per heavy atom. The Bertz CT molecular complexity index is 1060. The van der Waals surface area contributed by atoms with Crippen molar-refractivity contribution in [2.24, 2.45) is 12.0 Å². The van der Waals surface area contributed by atoms with Gasteiger partial charge in [0.05, 0.1) is 17.8 Å². The Hall–Kier alpha value is -3.00. The molecule has 4 rings (SSSR count). The molecule has 0 aliphatic carbocycles. The second-order valence-corrected chi connectivity index (χ2v) is 7.07. The standard InChI is InChI=1S/C19H20ClN7O/c1-4-21-16(28)9-14-19-24-23-11(2)27(19)15-10-26(3)25-18(15)17(22-14)12-5-7-13(20)8-6-12/h5-8,10,14H,4,9H2,1-3H3,(H,21,28). The third-order valence-electron chi connectivity index (χ3n) is 4.58. The number of fused-ring (bicyclic) bond motifs is 3. The van der Waals surface area contributed by atoms with Crippen LogP contribution >= 0.6 is 11.6 Å². The molecule has 0 bridgehead atoms. The molecular formula is C19H20ClN7O. The van der Waals surface area contributed by atoms with E-state index < -0.39 is 6.04 Å². The van der Waals surface area contributed by atoms with E-state index in [4.69, 9.17) is 16.6 Å². The van der Waals surface area contributed by atoms with Gasteiger partial charge in [0, 0.05) is 30.4 Å². The van der Waals surface area contributed by atoms with Gasteiger partial charge < -0.3 is 5.32 Å². The van der Waals surface area contributed by atoms with Crippen LogP contribution in [-0.4, -0.2) is 42.7 Å². The number of aliphatic imine (C=N–C) groups is 1. The van der Waals surface area contributed by atoms with Gasteiger partial charge in [-0.05, 0) is 26.0 Å². The maximum atomic E-state index is 12.3. The molecule has 0 saturated carbocycles. The summed E-state index contributed by atoms with van der Waals surface area (Å²) >= 11 is 6.06. The van der Waals surface area contributed by atoms with E-state index in [0.717, 1.165) is 17.1 Å². The highest BCUT2D eigenvalue weighted by molar-refractivity contribution is 6.30. The minimum Gasteiger partial charge on any atom is -0.356 e. The van der Waals surface area contributed by atoms with Gasteiger partial charge >= 0.3 is 0 Å². The number of carbonyl (C=O) groups excluding carboxylic acids is 1. The molecule has 1 amide bonds. The fourth-order valence-electron chi connectivity index (χ4n) is 3.38. The average molecular weight is 398 g/mol. The molecule has 1 N–H and O–H groups in total. The molecule has 9 heteroatoms. The maximum absolute atomic E-state index is 12.3. The zero-order valence-electron chi connectivity index (χ0n) is 15.8. The van der Waals surface area contributed by atoms with E-state index in [1.807, 2.05) is 55.9 Å². The van der Waals surface area contributed by atoms with Crippen molar-refractivity contribution in [2.75, 3.05) is 6.54 Å². The molecule has 0 spiro atoms. The van der Waals surface area contributed by atoms with E-state index in [1.165, 1.54) is 0 Å². The van der Waals surface area contributed by atoms with Crippen molar-refractivity contribution in [1.29, 1.82) is 0 Å². The van der Waals surface area contributed by atoms with Gasteiger partial charge in [0.25, 0.3) is 0 Å². The molecule has 1 aliphatic heterocycles. The molecule has 1 unspecified atom stereocenters. The van der Waals surface area contributed by atoms with Crippen LogP contribution in [0.15, 0.2) is 35.5 Å². The van der Waals surface area contributed by atoms with Crippen LogP contribution in [0.4, 0.5) is 0 Å². The molecule has 28 heavy (non-hydrogen) atoms. The highest BCUT2D eigenvalue weighted by Gasteiger charge is 2.31. The van der Waals surface area contributed by atoms with Gasteiger partial charge in [0.1, 0.15) is 17.6 Å². The molecule has 3 heterocycles. The van der Waals surface area contributed by atoms with Crippen LogP contribution in [0.5, 0.6) is 0 Å². The van der Waals surface area contributed by atoms with E-state index in [1.54, 1.807) is 4.68 Å². The van der Waals surface area contributed by atoms with Crippen LogP contribution in [0, 0.1) is 6.92 Å². The summed E-state index contributed by atoms with van der Waals surface area (Å²) in [6.45, 7) is 4.33. The SMILES string of the molecule is CCNC(=O)CC1N=C(c2ccc(Cl)cc2)c2nn(C)cc2-n2c(C)nnc21. The molecule has 3 aromatic rings. The van der Waals surface area contributed by atoms with Crippen LogP contribution in [0.3, 0.4) is 0 Å². The van der Waals surface area contributed by atoms with Crippen molar-refractivity contribution in [3.05, 3.63) is 58.4 Å². The lowest BCUT2D eigenvalue weighted by molar-refractivity contribution is -0.121. The fraction of sp³-hybridized carbons (Fsp3) is 0.316. The van der Waals surface area contributed by atoms with Gasteiger partial charge in [-0.3, -0.25) is 19.0 Å². The first-order valence-electron chi connectivity index (χ1n) is 9.04. The minimum absolute atomic E-state index is 0.0843. The molecule has 0 fully saturated rings. The normalized spacial score (nSPS) is 15.4. The number of amides is 1. The van der Waals surface area contributed by atoms with Gasteiger partial charge in [-0.1, -0.05) is 23.7 Å². The molecule has 2 aromatic heterocycles. The largest absolute Gasteiger partial charge is 0.356 e. The van der Waals surface area contributed by atoms with Crippen LogP contribution < -0.4 is 5.32 Å². The topological polar surface area (TPSA) is 90.0 Å². The summed E-state index contributed by atoms with van der Waals surface area (Å²) in [5.41, 5.74) is 3.13. The summed E-state index contributed by atoms with van der Waals surface area (Å²) in [7, 11) is 1.86. The average Bonchev–Trinajstić information content (AvgIpc) is 3.19. The number of rotatable bonds is 4. The van der Waals surface area contributed by atoms with Crippen LogP contribution in [0.25, 0.3) is 5.69 Å². The highest BCUT2D eigenvalue weighted by atomic mass is 35.5. The summed E-state index contributed by atoms with van der Waals surface area (Å²) in [5.74, 6) is 1.26. The number of carbonyl (C=O) groups is 1. The molecular weight excluding hydrogens is 378 g/mol. The second-order valence-electron chi connectivity index (χ2n) is 6.64. The number of hydrogen-bond acceptors (Lipinski definition) is 5. The quantitative estimate of drug-likeness (QED) is 0.731. The fourth-order valence-corrected chi connectivity index (χ4v) is 3.50. The molecule has 0 radical (unpaired) electrons. The smallest absolute Gasteiger partial charge is 0.222 e. The van der Waals surface area contributed by atoms with Crippen molar-refractivity contribution >= 4 is 23.2 Å². The van der Waals surface area contributed by atoms with Gasteiger partial charge in [-0.15, -0.1) is 10.2 Å². The summed E-state index contributed by atoms with van der Waals surface area (Å²) < 4.78 is 3.67. The van der Waals surface area contributed by atoms with Crippen LogP contribution in [0.2, 0.25) is 5.02 Å². The van der Waals surface area contributed by atoms with Crippen LogP contribution in [-0.2, 0) is 11.8 Å². The first-order valence-corrected chi connectivity index (χ1v) is 9.42. The summed E-state index contributed by atoms with van der Waals surface area (Å²) in [6, 6.07) is 6.97. The maximum Gasteiger partial charge on any atom is 0.222 e. The van der Waals surface area contributed by atoms with Gasteiger partial charge in [-0.25, -0.2) is 0 Å². The third-order valence-corrected chi connectivity index (χ3v) is 4.83. The van der Waals surface area contributed by atoms with E-state index in [9.17, 15) is 4.79 Å². The molecule has 1 aromatic carbocycles. The number of nitrogens with zero attached hydrogens (tertiary/aromatic N) is 6. The Morgan fingerprint density at radius 3 is 2.71 bits per heavy atom. The van der Waals surface area contributed by atoms with Gasteiger partial charge in [0.2, 0.25) is 5.91 Å². The zero-order valence-corrected chi connectivity index (χ0v) is 16.6. The monoisotopic (exact) mass is 397 g/mol. The Labute approximate surface area is 167 Å². The van der Waals surface area contributed by atoms with E-state index >= 15 is 0 Å². The zero-order chi connectivity index (χ0) is 19.8. The highest BCUT2D eigenvalue weighted by Crippen LogP contribution is 2.32. The number of nitrogens with one attached hydrogen (secondary N) is 1. The molecule has 8 nitrogen and oxygen atoms in total. The van der Waals surface area contributed by atoms with E-state index in [0.29, 0.717) is 28.8 Å². The summed E-state index contributed by atoms with van der Waals surface area (Å²) in [4.78, 5) is 17.2. The number of halogens is 1. The lowest BCUT2D eigenvalue weighted by atomic mass is 10.1. The number of benzene rings is 1. The first kappa shape index (κ1) is 18.4. The molecule has 144 valence electrons. The van der Waals surface area contributed by atoms with Crippen LogP contribution in [0.1, 0.15) is 42.3 Å². The van der Waals surface area contributed by atoms with Crippen molar-refractivity contribution < 1.29 is 4.79 Å². The lowest BCUT2D eigenvalue weighted by Gasteiger charge is -2.12. The number of hydrogen-bond donors (Lipinski definition) is 1. The molecule has 1 aliphatic rings. The molecule has 1 atom stereocenters. The predicted octanol–water partition coefficient (Wildman–Crippen LogP) is 2.38. The van der Waals surface area contributed by atoms with Crippen molar-refractivity contribution in [3.8, 4) is 5.69 Å². The summed E-state index contributed by atoms with van der Waals surface area (Å²) in [6.07, 6.45) is 2.09. The number of aromatic nitrogens is 5. The minimum atomic E-state index is -0.474. The summed E-state index contributed by atoms with van der Waals surface area (Å²) in [5, 5.41) is 16.7.